The van der Waals surface area contributed by atoms with Crippen LogP contribution in [-0.2, 0) is 7.05 Å². The van der Waals surface area contributed by atoms with Crippen LogP contribution in [0.5, 0.6) is 0 Å². The quantitative estimate of drug-likeness (QED) is 0.732. The fourth-order valence-electron chi connectivity index (χ4n) is 1.95. The summed E-state index contributed by atoms with van der Waals surface area (Å²) in [6, 6.07) is 8.59. The smallest absolute Gasteiger partial charge is 0.0528 e. The Bertz CT molecular complexity index is 466. The molecule has 1 unspecified atom stereocenters. The van der Waals surface area contributed by atoms with Crippen molar-refractivity contribution in [3.63, 3.8) is 0 Å². The maximum absolute atomic E-state index is 5.94. The molecule has 0 spiro atoms. The molecule has 0 aliphatic heterocycles. The zero-order valence-corrected chi connectivity index (χ0v) is 8.91. The topological polar surface area (TPSA) is 30.9 Å². The van der Waals surface area contributed by atoms with E-state index < -0.39 is 0 Å². The van der Waals surface area contributed by atoms with Crippen molar-refractivity contribution in [3.05, 3.63) is 35.5 Å². The zero-order valence-electron chi connectivity index (χ0n) is 8.91. The van der Waals surface area contributed by atoms with E-state index in [1.54, 1.807) is 0 Å². The van der Waals surface area contributed by atoms with Crippen LogP contribution >= 0.6 is 0 Å². The highest BCUT2D eigenvalue weighted by atomic mass is 14.9. The Morgan fingerprint density at radius 2 is 2.07 bits per heavy atom. The van der Waals surface area contributed by atoms with E-state index >= 15 is 0 Å². The third-order valence-electron chi connectivity index (χ3n) is 2.82. The van der Waals surface area contributed by atoms with Gasteiger partial charge in [-0.2, -0.15) is 0 Å². The Morgan fingerprint density at radius 3 is 2.71 bits per heavy atom. The van der Waals surface area contributed by atoms with Gasteiger partial charge >= 0.3 is 0 Å². The molecule has 0 saturated heterocycles. The van der Waals surface area contributed by atoms with Gasteiger partial charge in [0.1, 0.15) is 0 Å². The molecule has 0 aliphatic rings. The number of rotatable bonds is 1. The van der Waals surface area contributed by atoms with Crippen molar-refractivity contribution in [2.75, 3.05) is 0 Å². The van der Waals surface area contributed by atoms with E-state index in [1.807, 2.05) is 6.92 Å². The van der Waals surface area contributed by atoms with Gasteiger partial charge in [-0.25, -0.2) is 0 Å². The Balaban J connectivity index is 2.84. The van der Waals surface area contributed by atoms with Gasteiger partial charge in [0.05, 0.1) is 5.52 Å². The van der Waals surface area contributed by atoms with Gasteiger partial charge in [0.2, 0.25) is 0 Å². The maximum Gasteiger partial charge on any atom is 0.0528 e. The first-order chi connectivity index (χ1) is 6.61. The van der Waals surface area contributed by atoms with Gasteiger partial charge in [-0.1, -0.05) is 18.2 Å². The van der Waals surface area contributed by atoms with Crippen LogP contribution in [0.15, 0.2) is 24.3 Å². The third-order valence-corrected chi connectivity index (χ3v) is 2.82. The lowest BCUT2D eigenvalue weighted by atomic mass is 10.1. The van der Waals surface area contributed by atoms with Crippen LogP contribution in [0.3, 0.4) is 0 Å². The third kappa shape index (κ3) is 1.23. The molecule has 2 rings (SSSR count). The Kier molecular flexibility index (Phi) is 2.08. The summed E-state index contributed by atoms with van der Waals surface area (Å²) in [5.41, 5.74) is 9.70. The molecule has 74 valence electrons. The summed E-state index contributed by atoms with van der Waals surface area (Å²) in [5, 5.41) is 1.28. The minimum atomic E-state index is 0.0895. The van der Waals surface area contributed by atoms with Crippen LogP contribution in [0.25, 0.3) is 10.9 Å². The molecule has 0 radical (unpaired) electrons. The van der Waals surface area contributed by atoms with E-state index in [0.717, 1.165) is 0 Å². The zero-order chi connectivity index (χ0) is 10.3. The Morgan fingerprint density at radius 1 is 1.36 bits per heavy atom. The van der Waals surface area contributed by atoms with Crippen LogP contribution < -0.4 is 5.73 Å². The van der Waals surface area contributed by atoms with Crippen LogP contribution in [0.1, 0.15) is 24.2 Å². The second-order valence-electron chi connectivity index (χ2n) is 3.92. The minimum absolute atomic E-state index is 0.0895. The van der Waals surface area contributed by atoms with Gasteiger partial charge in [-0.3, -0.25) is 0 Å². The van der Waals surface area contributed by atoms with Gasteiger partial charge in [-0.15, -0.1) is 0 Å². The fraction of sp³-hybridized carbons (Fsp3) is 0.333. The SMILES string of the molecule is Cc1cc2cccc(C(C)N)c2n1C. The van der Waals surface area contributed by atoms with Crippen LogP contribution in [0, 0.1) is 6.92 Å². The summed E-state index contributed by atoms with van der Waals surface area (Å²) < 4.78 is 2.20. The van der Waals surface area contributed by atoms with Crippen LogP contribution in [-0.4, -0.2) is 4.57 Å². The van der Waals surface area contributed by atoms with Crippen molar-refractivity contribution in [3.8, 4) is 0 Å². The molecule has 2 aromatic rings. The molecule has 14 heavy (non-hydrogen) atoms. The van der Waals surface area contributed by atoms with E-state index in [2.05, 4.69) is 42.8 Å². The van der Waals surface area contributed by atoms with Crippen molar-refractivity contribution >= 4 is 10.9 Å². The average molecular weight is 188 g/mol. The molecule has 1 aromatic carbocycles. The normalized spacial score (nSPS) is 13.4. The maximum atomic E-state index is 5.94. The number of aryl methyl sites for hydroxylation is 2. The molecule has 1 atom stereocenters. The second-order valence-corrected chi connectivity index (χ2v) is 3.92. The van der Waals surface area contributed by atoms with Crippen molar-refractivity contribution < 1.29 is 0 Å². The Hall–Kier alpha value is -1.28. The molecule has 2 nitrogen and oxygen atoms in total. The molecule has 0 amide bonds. The molecule has 1 aromatic heterocycles. The van der Waals surface area contributed by atoms with Crippen molar-refractivity contribution in [2.24, 2.45) is 12.8 Å². The minimum Gasteiger partial charge on any atom is -0.348 e. The molecule has 0 saturated carbocycles. The molecule has 0 aliphatic carbocycles. The summed E-state index contributed by atoms with van der Waals surface area (Å²) in [6.45, 7) is 4.14. The molecule has 0 bridgehead atoms. The van der Waals surface area contributed by atoms with E-state index in [-0.39, 0.29) is 6.04 Å². The predicted octanol–water partition coefficient (Wildman–Crippen LogP) is 2.51. The van der Waals surface area contributed by atoms with Crippen molar-refractivity contribution in [1.82, 2.24) is 4.57 Å². The first-order valence-electron chi connectivity index (χ1n) is 4.92. The predicted molar refractivity (Wildman–Crippen MR) is 60.3 cm³/mol. The number of fused-ring (bicyclic) bond motifs is 1. The van der Waals surface area contributed by atoms with Crippen LogP contribution in [0.2, 0.25) is 0 Å². The lowest BCUT2D eigenvalue weighted by molar-refractivity contribution is 0.810. The van der Waals surface area contributed by atoms with Crippen molar-refractivity contribution in [1.29, 1.82) is 0 Å². The summed E-state index contributed by atoms with van der Waals surface area (Å²) in [5.74, 6) is 0. The molecule has 0 fully saturated rings. The van der Waals surface area contributed by atoms with Gasteiger partial charge in [0.15, 0.2) is 0 Å². The van der Waals surface area contributed by atoms with Gasteiger partial charge in [0.25, 0.3) is 0 Å². The van der Waals surface area contributed by atoms with Crippen LogP contribution in [0.4, 0.5) is 0 Å². The first kappa shape index (κ1) is 9.28. The lowest BCUT2D eigenvalue weighted by Crippen LogP contribution is -2.07. The number of hydrogen-bond acceptors (Lipinski definition) is 1. The number of benzene rings is 1. The highest BCUT2D eigenvalue weighted by Gasteiger charge is 2.09. The average Bonchev–Trinajstić information content (AvgIpc) is 2.43. The summed E-state index contributed by atoms with van der Waals surface area (Å²) in [7, 11) is 2.09. The monoisotopic (exact) mass is 188 g/mol. The summed E-state index contributed by atoms with van der Waals surface area (Å²) in [6.07, 6.45) is 0. The fourth-order valence-corrected chi connectivity index (χ4v) is 1.95. The number of nitrogens with two attached hydrogens (primary N) is 1. The van der Waals surface area contributed by atoms with E-state index in [9.17, 15) is 0 Å². The largest absolute Gasteiger partial charge is 0.348 e. The standard InChI is InChI=1S/C12H16N2/c1-8-7-10-5-4-6-11(9(2)13)12(10)14(8)3/h4-7,9H,13H2,1-3H3. The molecule has 2 heteroatoms. The summed E-state index contributed by atoms with van der Waals surface area (Å²) >= 11 is 0. The van der Waals surface area contributed by atoms with E-state index in [1.165, 1.54) is 22.2 Å². The highest BCUT2D eigenvalue weighted by molar-refractivity contribution is 5.84. The second kappa shape index (κ2) is 3.14. The van der Waals surface area contributed by atoms with E-state index in [0.29, 0.717) is 0 Å². The molecular weight excluding hydrogens is 172 g/mol. The lowest BCUT2D eigenvalue weighted by Gasteiger charge is -2.09. The van der Waals surface area contributed by atoms with Gasteiger partial charge < -0.3 is 10.3 Å². The highest BCUT2D eigenvalue weighted by Crippen LogP contribution is 2.25. The molecule has 1 heterocycles. The van der Waals surface area contributed by atoms with Gasteiger partial charge in [-0.05, 0) is 25.5 Å². The van der Waals surface area contributed by atoms with Gasteiger partial charge in [0, 0.05) is 24.2 Å². The Labute approximate surface area is 84.3 Å². The summed E-state index contributed by atoms with van der Waals surface area (Å²) in [4.78, 5) is 0. The molecule has 2 N–H and O–H groups in total. The van der Waals surface area contributed by atoms with E-state index in [4.69, 9.17) is 5.73 Å². The molecular formula is C12H16N2. The number of hydrogen-bond donors (Lipinski definition) is 1. The van der Waals surface area contributed by atoms with Crippen molar-refractivity contribution in [2.45, 2.75) is 19.9 Å². The number of para-hydroxylation sites is 1. The number of nitrogens with zero attached hydrogens (tertiary/aromatic N) is 1. The number of aromatic nitrogens is 1. The first-order valence-corrected chi connectivity index (χ1v) is 4.92.